The topological polar surface area (TPSA) is 52.7 Å². The Labute approximate surface area is 137 Å². The van der Waals surface area contributed by atoms with Gasteiger partial charge in [0, 0.05) is 0 Å². The van der Waals surface area contributed by atoms with Crippen LogP contribution in [0.3, 0.4) is 0 Å². The van der Waals surface area contributed by atoms with Gasteiger partial charge in [0.2, 0.25) is 11.8 Å². The summed E-state index contributed by atoms with van der Waals surface area (Å²) in [6, 6.07) is 6.98. The molecule has 2 aliphatic rings. The molecule has 0 radical (unpaired) electrons. The second kappa shape index (κ2) is 6.43. The number of amides is 2. The lowest BCUT2D eigenvalue weighted by molar-refractivity contribution is -0.185. The first-order chi connectivity index (χ1) is 11.3. The van der Waals surface area contributed by atoms with Crippen LogP contribution in [0.25, 0.3) is 0 Å². The maximum absolute atomic E-state index is 12.7. The standard InChI is InChI=1S/C16H18F3N3O2/c17-16(18,19)11-5-7-21(8-6-11)10-15(24)22-9-14(23)20-12-3-1-2-4-13(12)22/h1-4,11H,5-10H2,(H,20,23). The van der Waals surface area contributed by atoms with Crippen LogP contribution in [0.4, 0.5) is 24.5 Å². The fourth-order valence-corrected chi connectivity index (χ4v) is 3.15. The van der Waals surface area contributed by atoms with E-state index < -0.39 is 12.1 Å². The zero-order valence-electron chi connectivity index (χ0n) is 13.0. The first-order valence-electron chi connectivity index (χ1n) is 7.83. The van der Waals surface area contributed by atoms with Gasteiger partial charge < -0.3 is 5.32 Å². The number of carbonyl (C=O) groups excluding carboxylic acids is 2. The maximum Gasteiger partial charge on any atom is 0.391 e. The molecule has 130 valence electrons. The lowest BCUT2D eigenvalue weighted by Crippen LogP contribution is -2.48. The van der Waals surface area contributed by atoms with E-state index in [2.05, 4.69) is 5.32 Å². The smallest absolute Gasteiger partial charge is 0.323 e. The Bertz CT molecular complexity index is 640. The van der Waals surface area contributed by atoms with Crippen LogP contribution in [-0.4, -0.2) is 49.1 Å². The third kappa shape index (κ3) is 3.53. The summed E-state index contributed by atoms with van der Waals surface area (Å²) in [5.74, 6) is -1.84. The summed E-state index contributed by atoms with van der Waals surface area (Å²) in [7, 11) is 0. The van der Waals surface area contributed by atoms with Gasteiger partial charge >= 0.3 is 6.18 Å². The van der Waals surface area contributed by atoms with Crippen LogP contribution in [0.5, 0.6) is 0 Å². The Balaban J connectivity index is 1.63. The van der Waals surface area contributed by atoms with Crippen molar-refractivity contribution in [1.29, 1.82) is 0 Å². The van der Waals surface area contributed by atoms with Crippen LogP contribution < -0.4 is 10.2 Å². The number of anilines is 2. The van der Waals surface area contributed by atoms with E-state index in [4.69, 9.17) is 0 Å². The molecule has 24 heavy (non-hydrogen) atoms. The molecule has 8 heteroatoms. The minimum atomic E-state index is -4.17. The van der Waals surface area contributed by atoms with Crippen molar-refractivity contribution in [3.8, 4) is 0 Å². The highest BCUT2D eigenvalue weighted by atomic mass is 19.4. The molecule has 0 unspecified atom stereocenters. The second-order valence-electron chi connectivity index (χ2n) is 6.14. The second-order valence-corrected chi connectivity index (χ2v) is 6.14. The minimum absolute atomic E-state index is 0.00779. The van der Waals surface area contributed by atoms with Gasteiger partial charge in [-0.3, -0.25) is 19.4 Å². The molecular weight excluding hydrogens is 323 g/mol. The van der Waals surface area contributed by atoms with Crippen molar-refractivity contribution in [1.82, 2.24) is 4.90 Å². The molecule has 0 saturated carbocycles. The number of piperidine rings is 1. The minimum Gasteiger partial charge on any atom is -0.323 e. The van der Waals surface area contributed by atoms with Crippen molar-refractivity contribution in [2.24, 2.45) is 5.92 Å². The summed E-state index contributed by atoms with van der Waals surface area (Å²) in [5.41, 5.74) is 1.19. The first kappa shape index (κ1) is 16.8. The fraction of sp³-hybridized carbons (Fsp3) is 0.500. The molecule has 1 saturated heterocycles. The lowest BCUT2D eigenvalue weighted by atomic mass is 9.96. The molecule has 3 rings (SSSR count). The molecule has 2 aliphatic heterocycles. The number of benzene rings is 1. The number of nitrogens with one attached hydrogen (secondary N) is 1. The lowest BCUT2D eigenvalue weighted by Gasteiger charge is -2.35. The fourth-order valence-electron chi connectivity index (χ4n) is 3.15. The number of likely N-dealkylation sites (tertiary alicyclic amines) is 1. The molecule has 1 aromatic rings. The number of nitrogens with zero attached hydrogens (tertiary/aromatic N) is 2. The highest BCUT2D eigenvalue weighted by molar-refractivity contribution is 6.10. The Kier molecular flexibility index (Phi) is 4.49. The van der Waals surface area contributed by atoms with Crippen LogP contribution in [0.2, 0.25) is 0 Å². The van der Waals surface area contributed by atoms with Crippen molar-refractivity contribution in [2.75, 3.05) is 36.4 Å². The van der Waals surface area contributed by atoms with E-state index in [-0.39, 0.29) is 50.8 Å². The normalized spacial score (nSPS) is 19.8. The van der Waals surface area contributed by atoms with Gasteiger partial charge in [-0.15, -0.1) is 0 Å². The quantitative estimate of drug-likeness (QED) is 0.898. The third-order valence-electron chi connectivity index (χ3n) is 4.48. The highest BCUT2D eigenvalue weighted by Gasteiger charge is 2.41. The molecular formula is C16H18F3N3O2. The van der Waals surface area contributed by atoms with Crippen LogP contribution in [0, 0.1) is 5.92 Å². The molecule has 0 aliphatic carbocycles. The summed E-state index contributed by atoms with van der Waals surface area (Å²) < 4.78 is 38.1. The molecule has 2 heterocycles. The predicted octanol–water partition coefficient (Wildman–Crippen LogP) is 2.25. The molecule has 0 atom stereocenters. The van der Waals surface area contributed by atoms with Gasteiger partial charge in [-0.05, 0) is 38.1 Å². The SMILES string of the molecule is O=C1CN(C(=O)CN2CCC(C(F)(F)F)CC2)c2ccccc2N1. The zero-order chi connectivity index (χ0) is 17.3. The average Bonchev–Trinajstić information content (AvgIpc) is 2.53. The van der Waals surface area contributed by atoms with E-state index in [1.54, 1.807) is 29.2 Å². The van der Waals surface area contributed by atoms with Crippen molar-refractivity contribution in [2.45, 2.75) is 19.0 Å². The number of hydrogen-bond acceptors (Lipinski definition) is 3. The molecule has 5 nitrogen and oxygen atoms in total. The third-order valence-corrected chi connectivity index (χ3v) is 4.48. The Hall–Kier alpha value is -2.09. The molecule has 0 bridgehead atoms. The van der Waals surface area contributed by atoms with Crippen molar-refractivity contribution < 1.29 is 22.8 Å². The van der Waals surface area contributed by atoms with Gasteiger partial charge in [0.15, 0.2) is 0 Å². The first-order valence-corrected chi connectivity index (χ1v) is 7.83. The van der Waals surface area contributed by atoms with E-state index in [1.807, 2.05) is 0 Å². The summed E-state index contributed by atoms with van der Waals surface area (Å²) in [6.07, 6.45) is -4.15. The van der Waals surface area contributed by atoms with Crippen molar-refractivity contribution >= 4 is 23.2 Å². The van der Waals surface area contributed by atoms with E-state index in [1.165, 1.54) is 4.90 Å². The van der Waals surface area contributed by atoms with Crippen molar-refractivity contribution in [3.63, 3.8) is 0 Å². The van der Waals surface area contributed by atoms with E-state index in [0.29, 0.717) is 11.4 Å². The summed E-state index contributed by atoms with van der Waals surface area (Å²) in [5, 5.41) is 2.70. The number of carbonyl (C=O) groups is 2. The van der Waals surface area contributed by atoms with Crippen molar-refractivity contribution in [3.05, 3.63) is 24.3 Å². The van der Waals surface area contributed by atoms with Gasteiger partial charge in [0.25, 0.3) is 0 Å². The predicted molar refractivity (Wildman–Crippen MR) is 82.6 cm³/mol. The molecule has 1 aromatic carbocycles. The van der Waals surface area contributed by atoms with E-state index in [9.17, 15) is 22.8 Å². The van der Waals surface area contributed by atoms with Crippen LogP contribution in [0.15, 0.2) is 24.3 Å². The van der Waals surface area contributed by atoms with E-state index >= 15 is 0 Å². The zero-order valence-corrected chi connectivity index (χ0v) is 13.0. The van der Waals surface area contributed by atoms with Gasteiger partial charge in [0.05, 0.1) is 23.8 Å². The maximum atomic E-state index is 12.7. The van der Waals surface area contributed by atoms with Crippen LogP contribution in [0.1, 0.15) is 12.8 Å². The average molecular weight is 341 g/mol. The monoisotopic (exact) mass is 341 g/mol. The summed E-state index contributed by atoms with van der Waals surface area (Å²) >= 11 is 0. The summed E-state index contributed by atoms with van der Waals surface area (Å²) in [4.78, 5) is 27.4. The van der Waals surface area contributed by atoms with Gasteiger partial charge in [0.1, 0.15) is 6.54 Å². The Morgan fingerprint density at radius 2 is 1.88 bits per heavy atom. The molecule has 0 spiro atoms. The van der Waals surface area contributed by atoms with Crippen LogP contribution in [-0.2, 0) is 9.59 Å². The Morgan fingerprint density at radius 3 is 2.54 bits per heavy atom. The Morgan fingerprint density at radius 1 is 1.21 bits per heavy atom. The molecule has 0 aromatic heterocycles. The molecule has 1 N–H and O–H groups in total. The number of alkyl halides is 3. The van der Waals surface area contributed by atoms with Crippen LogP contribution >= 0.6 is 0 Å². The highest BCUT2D eigenvalue weighted by Crippen LogP contribution is 2.34. The number of rotatable bonds is 2. The van der Waals surface area contributed by atoms with E-state index in [0.717, 1.165) is 0 Å². The van der Waals surface area contributed by atoms with Gasteiger partial charge in [-0.1, -0.05) is 12.1 Å². The number of para-hydroxylation sites is 2. The van der Waals surface area contributed by atoms with Gasteiger partial charge in [-0.25, -0.2) is 0 Å². The molecule has 2 amide bonds. The number of fused-ring (bicyclic) bond motifs is 1. The number of halogens is 3. The van der Waals surface area contributed by atoms with Gasteiger partial charge in [-0.2, -0.15) is 13.2 Å². The molecule has 1 fully saturated rings. The largest absolute Gasteiger partial charge is 0.391 e. The number of hydrogen-bond donors (Lipinski definition) is 1. The summed E-state index contributed by atoms with van der Waals surface area (Å²) in [6.45, 7) is 0.413.